The van der Waals surface area contributed by atoms with Crippen LogP contribution in [0.5, 0.6) is 0 Å². The smallest absolute Gasteiger partial charge is 0.258 e. The van der Waals surface area contributed by atoms with Crippen molar-refractivity contribution in [2.75, 3.05) is 7.05 Å². The Bertz CT molecular complexity index is 326. The van der Waals surface area contributed by atoms with Crippen LogP contribution in [0.3, 0.4) is 0 Å². The minimum absolute atomic E-state index is 0.0295. The molecule has 0 aromatic rings. The van der Waals surface area contributed by atoms with E-state index in [-0.39, 0.29) is 17.1 Å². The van der Waals surface area contributed by atoms with Crippen molar-refractivity contribution in [3.05, 3.63) is 0 Å². The predicted octanol–water partition coefficient (Wildman–Crippen LogP) is 1.46. The Balaban J connectivity index is 2.78. The lowest BCUT2D eigenvalue weighted by atomic mass is 9.84. The van der Waals surface area contributed by atoms with Gasteiger partial charge in [-0.2, -0.15) is 5.10 Å². The van der Waals surface area contributed by atoms with Crippen LogP contribution in [-0.4, -0.2) is 29.5 Å². The summed E-state index contributed by atoms with van der Waals surface area (Å²) in [7, 11) is 1.58. The highest BCUT2D eigenvalue weighted by atomic mass is 16.2. The maximum atomic E-state index is 11.9. The third-order valence-electron chi connectivity index (χ3n) is 2.32. The number of carbonyl (C=O) groups is 2. The Labute approximate surface area is 90.3 Å². The van der Waals surface area contributed by atoms with Crippen molar-refractivity contribution < 1.29 is 9.59 Å². The lowest BCUT2D eigenvalue weighted by molar-refractivity contribution is -0.136. The summed E-state index contributed by atoms with van der Waals surface area (Å²) in [4.78, 5) is 23.5. The molecule has 0 bridgehead atoms. The minimum atomic E-state index is -0.644. The normalized spacial score (nSPS) is 21.9. The zero-order chi connectivity index (χ0) is 11.8. The highest BCUT2D eigenvalue weighted by Crippen LogP contribution is 2.24. The van der Waals surface area contributed by atoms with Crippen molar-refractivity contribution in [2.24, 2.45) is 16.4 Å². The van der Waals surface area contributed by atoms with Gasteiger partial charge in [-0.05, 0) is 12.3 Å². The van der Waals surface area contributed by atoms with Gasteiger partial charge in [0, 0.05) is 13.5 Å². The number of rotatable bonds is 2. The van der Waals surface area contributed by atoms with Crippen LogP contribution in [-0.2, 0) is 9.59 Å². The van der Waals surface area contributed by atoms with Gasteiger partial charge < -0.3 is 0 Å². The number of hydrazone groups is 1. The Hall–Kier alpha value is -1.19. The zero-order valence-electron chi connectivity index (χ0n) is 10.00. The number of ketones is 1. The number of carbonyl (C=O) groups excluding carboxylic acids is 2. The molecular weight excluding hydrogens is 192 g/mol. The number of Topliss-reactive ketones (excluding diaryl/α,β-unsaturated/α-hetero) is 1. The van der Waals surface area contributed by atoms with E-state index in [0.717, 1.165) is 0 Å². The molecule has 0 saturated carbocycles. The van der Waals surface area contributed by atoms with E-state index in [9.17, 15) is 9.59 Å². The van der Waals surface area contributed by atoms with Crippen LogP contribution in [0.15, 0.2) is 5.10 Å². The molecule has 0 aromatic heterocycles. The zero-order valence-corrected chi connectivity index (χ0v) is 10.00. The molecule has 1 heterocycles. The summed E-state index contributed by atoms with van der Waals surface area (Å²) >= 11 is 0. The average Bonchev–Trinajstić information content (AvgIpc) is 2.22. The first kappa shape index (κ1) is 11.9. The van der Waals surface area contributed by atoms with E-state index in [1.807, 2.05) is 20.8 Å². The second-order valence-electron chi connectivity index (χ2n) is 5.24. The van der Waals surface area contributed by atoms with Crippen molar-refractivity contribution in [2.45, 2.75) is 34.1 Å². The fourth-order valence-corrected chi connectivity index (χ4v) is 1.70. The van der Waals surface area contributed by atoms with Crippen molar-refractivity contribution in [3.63, 3.8) is 0 Å². The predicted molar refractivity (Wildman–Crippen MR) is 58.4 cm³/mol. The van der Waals surface area contributed by atoms with Crippen molar-refractivity contribution in [1.29, 1.82) is 0 Å². The van der Waals surface area contributed by atoms with Crippen LogP contribution in [0.25, 0.3) is 0 Å². The van der Waals surface area contributed by atoms with E-state index in [0.29, 0.717) is 12.1 Å². The van der Waals surface area contributed by atoms with Crippen LogP contribution in [0.4, 0.5) is 0 Å². The van der Waals surface area contributed by atoms with Gasteiger partial charge in [-0.1, -0.05) is 20.8 Å². The lowest BCUT2D eigenvalue weighted by Gasteiger charge is -2.19. The Morgan fingerprint density at radius 2 is 2.00 bits per heavy atom. The van der Waals surface area contributed by atoms with E-state index in [1.54, 1.807) is 14.0 Å². The number of amides is 1. The first-order valence-corrected chi connectivity index (χ1v) is 5.08. The monoisotopic (exact) mass is 210 g/mol. The van der Waals surface area contributed by atoms with Crippen LogP contribution in [0, 0.1) is 11.3 Å². The van der Waals surface area contributed by atoms with Crippen LogP contribution < -0.4 is 0 Å². The quantitative estimate of drug-likeness (QED) is 0.648. The molecule has 84 valence electrons. The maximum Gasteiger partial charge on any atom is 0.258 e. The van der Waals surface area contributed by atoms with Crippen LogP contribution >= 0.6 is 0 Å². The molecule has 1 aliphatic rings. The molecule has 0 aromatic carbocycles. The minimum Gasteiger partial charge on any atom is -0.298 e. The van der Waals surface area contributed by atoms with Crippen molar-refractivity contribution >= 4 is 17.4 Å². The fraction of sp³-hybridized carbons (Fsp3) is 0.727. The molecule has 4 heteroatoms. The molecule has 1 amide bonds. The number of nitrogens with zero attached hydrogens (tertiary/aromatic N) is 2. The molecule has 1 atom stereocenters. The summed E-state index contributed by atoms with van der Waals surface area (Å²) in [6, 6.07) is 0. The molecule has 0 saturated heterocycles. The lowest BCUT2D eigenvalue weighted by Crippen LogP contribution is -2.32. The summed E-state index contributed by atoms with van der Waals surface area (Å²) in [6.45, 7) is 7.69. The summed E-state index contributed by atoms with van der Waals surface area (Å²) < 4.78 is 0. The molecule has 0 N–H and O–H groups in total. The van der Waals surface area contributed by atoms with Gasteiger partial charge in [0.15, 0.2) is 5.78 Å². The summed E-state index contributed by atoms with van der Waals surface area (Å²) in [5.41, 5.74) is 0.524. The molecule has 4 nitrogen and oxygen atoms in total. The third kappa shape index (κ3) is 2.64. The maximum absolute atomic E-state index is 11.9. The molecule has 15 heavy (non-hydrogen) atoms. The van der Waals surface area contributed by atoms with Crippen molar-refractivity contribution in [3.8, 4) is 0 Å². The third-order valence-corrected chi connectivity index (χ3v) is 2.32. The van der Waals surface area contributed by atoms with Gasteiger partial charge in [0.25, 0.3) is 5.91 Å². The van der Waals surface area contributed by atoms with Gasteiger partial charge in [0.05, 0.1) is 5.71 Å². The first-order valence-electron chi connectivity index (χ1n) is 5.08. The highest BCUT2D eigenvalue weighted by molar-refractivity contribution is 6.22. The van der Waals surface area contributed by atoms with Crippen LogP contribution in [0.2, 0.25) is 0 Å². The van der Waals surface area contributed by atoms with Crippen molar-refractivity contribution in [1.82, 2.24) is 5.01 Å². The summed E-state index contributed by atoms with van der Waals surface area (Å²) in [5.74, 6) is -0.880. The molecule has 1 rings (SSSR count). The van der Waals surface area contributed by atoms with E-state index in [4.69, 9.17) is 0 Å². The molecule has 1 unspecified atom stereocenters. The standard InChI is InChI=1S/C11H18N2O2/c1-7-9(10(15)13(5)12-7)8(14)6-11(2,3)4/h9H,6H2,1-5H3. The fourth-order valence-electron chi connectivity index (χ4n) is 1.70. The molecule has 0 spiro atoms. The van der Waals surface area contributed by atoms with Gasteiger partial charge in [-0.15, -0.1) is 0 Å². The van der Waals surface area contributed by atoms with Crippen LogP contribution in [0.1, 0.15) is 34.1 Å². The van der Waals surface area contributed by atoms with E-state index < -0.39 is 5.92 Å². The van der Waals surface area contributed by atoms with Gasteiger partial charge in [0.1, 0.15) is 5.92 Å². The SMILES string of the molecule is CC1=NN(C)C(=O)C1C(=O)CC(C)(C)C. The second-order valence-corrected chi connectivity index (χ2v) is 5.24. The molecular formula is C11H18N2O2. The van der Waals surface area contributed by atoms with E-state index in [1.165, 1.54) is 5.01 Å². The summed E-state index contributed by atoms with van der Waals surface area (Å²) in [5, 5.41) is 5.23. The van der Waals surface area contributed by atoms with E-state index in [2.05, 4.69) is 5.10 Å². The first-order chi connectivity index (χ1) is 6.72. The van der Waals surface area contributed by atoms with Gasteiger partial charge in [-0.3, -0.25) is 9.59 Å². The van der Waals surface area contributed by atoms with Gasteiger partial charge >= 0.3 is 0 Å². The topological polar surface area (TPSA) is 49.7 Å². The van der Waals surface area contributed by atoms with Gasteiger partial charge in [-0.25, -0.2) is 5.01 Å². The molecule has 1 aliphatic heterocycles. The largest absolute Gasteiger partial charge is 0.298 e. The number of hydrogen-bond acceptors (Lipinski definition) is 3. The Kier molecular flexibility index (Phi) is 2.98. The molecule has 0 aliphatic carbocycles. The van der Waals surface area contributed by atoms with Gasteiger partial charge in [0.2, 0.25) is 0 Å². The van der Waals surface area contributed by atoms with E-state index >= 15 is 0 Å². The Morgan fingerprint density at radius 1 is 1.47 bits per heavy atom. The second kappa shape index (κ2) is 3.76. The average molecular weight is 210 g/mol. The molecule has 0 fully saturated rings. The summed E-state index contributed by atoms with van der Waals surface area (Å²) in [6.07, 6.45) is 0.407. The highest BCUT2D eigenvalue weighted by Gasteiger charge is 2.38. The number of hydrogen-bond donors (Lipinski definition) is 0. The molecule has 0 radical (unpaired) electrons. The Morgan fingerprint density at radius 3 is 2.33 bits per heavy atom.